The van der Waals surface area contributed by atoms with E-state index in [1.54, 1.807) is 12.1 Å². The van der Waals surface area contributed by atoms with Crippen molar-refractivity contribution in [1.29, 1.82) is 0 Å². The van der Waals surface area contributed by atoms with Gasteiger partial charge in [0.2, 0.25) is 10.0 Å². The molecule has 0 aliphatic carbocycles. The van der Waals surface area contributed by atoms with Crippen LogP contribution in [0.4, 0.5) is 0 Å². The predicted octanol–water partition coefficient (Wildman–Crippen LogP) is 1.91. The van der Waals surface area contributed by atoms with E-state index in [0.29, 0.717) is 19.0 Å². The summed E-state index contributed by atoms with van der Waals surface area (Å²) in [7, 11) is -2.43. The minimum absolute atomic E-state index is 0. The molecule has 1 aromatic rings. The molecule has 1 saturated heterocycles. The molecule has 0 radical (unpaired) electrons. The molecule has 1 fully saturated rings. The van der Waals surface area contributed by atoms with Crippen LogP contribution >= 0.6 is 12.4 Å². The maximum absolute atomic E-state index is 12.9. The first-order valence-electron chi connectivity index (χ1n) is 7.89. The van der Waals surface area contributed by atoms with Crippen LogP contribution in [0.2, 0.25) is 0 Å². The van der Waals surface area contributed by atoms with Gasteiger partial charge in [0.25, 0.3) is 0 Å². The summed E-state index contributed by atoms with van der Waals surface area (Å²) in [4.78, 5) is 11.8. The number of carbonyl (C=O) groups excluding carboxylic acids is 1. The Kier molecular flexibility index (Phi) is 8.15. The number of nitrogens with one attached hydrogen (secondary N) is 1. The minimum Gasteiger partial charge on any atom is -0.465 e. The highest BCUT2D eigenvalue weighted by Crippen LogP contribution is 2.26. The zero-order valence-electron chi connectivity index (χ0n) is 14.0. The zero-order valence-corrected chi connectivity index (χ0v) is 15.7. The second-order valence-electron chi connectivity index (χ2n) is 5.64. The van der Waals surface area contributed by atoms with Crippen molar-refractivity contribution in [2.75, 3.05) is 33.3 Å². The molecule has 1 N–H and O–H groups in total. The number of benzene rings is 1. The summed E-state index contributed by atoms with van der Waals surface area (Å²) in [6, 6.07) is 6.20. The van der Waals surface area contributed by atoms with E-state index in [0.717, 1.165) is 25.9 Å². The van der Waals surface area contributed by atoms with E-state index in [9.17, 15) is 13.2 Å². The van der Waals surface area contributed by atoms with Gasteiger partial charge in [-0.1, -0.05) is 19.1 Å². The maximum Gasteiger partial charge on any atom is 0.339 e. The average molecular weight is 377 g/mol. The highest BCUT2D eigenvalue weighted by atomic mass is 35.5. The molecule has 1 aromatic carbocycles. The van der Waals surface area contributed by atoms with Gasteiger partial charge >= 0.3 is 5.97 Å². The lowest BCUT2D eigenvalue weighted by Gasteiger charge is -2.31. The SMILES string of the molecule is CCNCC1CCN(S(=O)(=O)c2ccccc2C(=O)OC)CC1.Cl. The largest absolute Gasteiger partial charge is 0.465 e. The lowest BCUT2D eigenvalue weighted by Crippen LogP contribution is -2.41. The highest BCUT2D eigenvalue weighted by molar-refractivity contribution is 7.89. The summed E-state index contributed by atoms with van der Waals surface area (Å²) in [5.74, 6) is -0.136. The van der Waals surface area contributed by atoms with E-state index in [1.165, 1.54) is 23.5 Å². The standard InChI is InChI=1S/C16H24N2O4S.ClH/c1-3-17-12-13-8-10-18(11-9-13)23(20,21)15-7-5-4-6-14(15)16(19)22-2;/h4-7,13,17H,3,8-12H2,1-2H3;1H. The monoisotopic (exact) mass is 376 g/mol. The van der Waals surface area contributed by atoms with Crippen molar-refractivity contribution in [2.45, 2.75) is 24.7 Å². The molecule has 1 aliphatic rings. The smallest absolute Gasteiger partial charge is 0.339 e. The van der Waals surface area contributed by atoms with Gasteiger partial charge in [-0.25, -0.2) is 13.2 Å². The number of piperidine rings is 1. The predicted molar refractivity (Wildman–Crippen MR) is 95.1 cm³/mol. The number of ether oxygens (including phenoxy) is 1. The molecule has 0 spiro atoms. The van der Waals surface area contributed by atoms with Crippen molar-refractivity contribution in [2.24, 2.45) is 5.92 Å². The normalized spacial score (nSPS) is 16.4. The van der Waals surface area contributed by atoms with Crippen LogP contribution in [0.3, 0.4) is 0 Å². The molecule has 0 amide bonds. The van der Waals surface area contributed by atoms with E-state index in [2.05, 4.69) is 12.2 Å². The van der Waals surface area contributed by atoms with Crippen molar-refractivity contribution < 1.29 is 17.9 Å². The Labute approximate surface area is 150 Å². The van der Waals surface area contributed by atoms with Gasteiger partial charge in [-0.05, 0) is 44.0 Å². The van der Waals surface area contributed by atoms with E-state index >= 15 is 0 Å². The van der Waals surface area contributed by atoms with E-state index < -0.39 is 16.0 Å². The van der Waals surface area contributed by atoms with Crippen LogP contribution < -0.4 is 5.32 Å². The lowest BCUT2D eigenvalue weighted by molar-refractivity contribution is 0.0596. The van der Waals surface area contributed by atoms with Gasteiger partial charge in [-0.3, -0.25) is 0 Å². The fraction of sp³-hybridized carbons (Fsp3) is 0.562. The topological polar surface area (TPSA) is 75.7 Å². The van der Waals surface area contributed by atoms with Crippen LogP contribution in [0.5, 0.6) is 0 Å². The number of hydrogen-bond donors (Lipinski definition) is 1. The molecule has 1 heterocycles. The first-order chi connectivity index (χ1) is 11.0. The molecule has 0 unspecified atom stereocenters. The molecule has 1 aliphatic heterocycles. The molecule has 8 heteroatoms. The summed E-state index contributed by atoms with van der Waals surface area (Å²) in [6.07, 6.45) is 1.65. The van der Waals surface area contributed by atoms with Crippen molar-refractivity contribution >= 4 is 28.4 Å². The fourth-order valence-electron chi connectivity index (χ4n) is 2.81. The number of nitrogens with zero attached hydrogens (tertiary/aromatic N) is 1. The molecular formula is C16H25ClN2O4S. The van der Waals surface area contributed by atoms with Crippen LogP contribution in [0.15, 0.2) is 29.2 Å². The van der Waals surface area contributed by atoms with E-state index in [1.807, 2.05) is 0 Å². The third-order valence-corrected chi connectivity index (χ3v) is 6.12. The summed E-state index contributed by atoms with van der Waals surface area (Å²) >= 11 is 0. The van der Waals surface area contributed by atoms with Gasteiger partial charge < -0.3 is 10.1 Å². The number of hydrogen-bond acceptors (Lipinski definition) is 5. The van der Waals surface area contributed by atoms with E-state index in [-0.39, 0.29) is 22.9 Å². The Hall–Kier alpha value is -1.15. The first kappa shape index (κ1) is 20.9. The summed E-state index contributed by atoms with van der Waals surface area (Å²) in [5, 5.41) is 3.31. The van der Waals surface area contributed by atoms with Gasteiger partial charge in [-0.15, -0.1) is 12.4 Å². The fourth-order valence-corrected chi connectivity index (χ4v) is 4.46. The molecule has 0 saturated carbocycles. The highest BCUT2D eigenvalue weighted by Gasteiger charge is 2.32. The van der Waals surface area contributed by atoms with Gasteiger partial charge in [0.1, 0.15) is 0 Å². The Morgan fingerprint density at radius 1 is 1.29 bits per heavy atom. The van der Waals surface area contributed by atoms with Crippen molar-refractivity contribution in [1.82, 2.24) is 9.62 Å². The van der Waals surface area contributed by atoms with E-state index in [4.69, 9.17) is 4.74 Å². The molecule has 24 heavy (non-hydrogen) atoms. The second kappa shape index (κ2) is 9.36. The Bertz CT molecular complexity index is 643. The Morgan fingerprint density at radius 3 is 2.50 bits per heavy atom. The molecule has 6 nitrogen and oxygen atoms in total. The minimum atomic E-state index is -3.68. The average Bonchev–Trinajstić information content (AvgIpc) is 2.59. The summed E-state index contributed by atoms with van der Waals surface area (Å²) < 4.78 is 31.9. The second-order valence-corrected chi connectivity index (χ2v) is 7.55. The van der Waals surface area contributed by atoms with Crippen LogP contribution in [0.1, 0.15) is 30.1 Å². The van der Waals surface area contributed by atoms with Gasteiger partial charge in [-0.2, -0.15) is 4.31 Å². The summed E-state index contributed by atoms with van der Waals surface area (Å²) in [6.45, 7) is 4.86. The van der Waals surface area contributed by atoms with Gasteiger partial charge in [0.05, 0.1) is 17.6 Å². The number of rotatable bonds is 6. The quantitative estimate of drug-likeness (QED) is 0.767. The molecule has 0 bridgehead atoms. The Balaban J connectivity index is 0.00000288. The number of halogens is 1. The van der Waals surface area contributed by atoms with Crippen molar-refractivity contribution in [3.8, 4) is 0 Å². The van der Waals surface area contributed by atoms with Gasteiger partial charge in [0, 0.05) is 13.1 Å². The van der Waals surface area contributed by atoms with Crippen molar-refractivity contribution in [3.63, 3.8) is 0 Å². The zero-order chi connectivity index (χ0) is 16.9. The molecule has 136 valence electrons. The number of esters is 1. The Morgan fingerprint density at radius 2 is 1.92 bits per heavy atom. The molecule has 0 aromatic heterocycles. The van der Waals surface area contributed by atoms with Gasteiger partial charge in [0.15, 0.2) is 0 Å². The third-order valence-electron chi connectivity index (χ3n) is 4.17. The summed E-state index contributed by atoms with van der Waals surface area (Å²) in [5.41, 5.74) is 0.0878. The lowest BCUT2D eigenvalue weighted by atomic mass is 9.98. The van der Waals surface area contributed by atoms with Crippen LogP contribution in [0.25, 0.3) is 0 Å². The first-order valence-corrected chi connectivity index (χ1v) is 9.33. The van der Waals surface area contributed by atoms with Crippen LogP contribution in [-0.2, 0) is 14.8 Å². The number of sulfonamides is 1. The van der Waals surface area contributed by atoms with Crippen LogP contribution in [-0.4, -0.2) is 52.0 Å². The number of methoxy groups -OCH3 is 1. The molecule has 2 rings (SSSR count). The number of carbonyl (C=O) groups is 1. The molecule has 0 atom stereocenters. The maximum atomic E-state index is 12.9. The third kappa shape index (κ3) is 4.69. The van der Waals surface area contributed by atoms with Crippen LogP contribution in [0, 0.1) is 5.92 Å². The van der Waals surface area contributed by atoms with Crippen molar-refractivity contribution in [3.05, 3.63) is 29.8 Å². The molecular weight excluding hydrogens is 352 g/mol.